The zero-order valence-electron chi connectivity index (χ0n) is 11.3. The van der Waals surface area contributed by atoms with Gasteiger partial charge in [0.25, 0.3) is 0 Å². The highest BCUT2D eigenvalue weighted by molar-refractivity contribution is 5.33. The van der Waals surface area contributed by atoms with E-state index in [9.17, 15) is 5.11 Å². The van der Waals surface area contributed by atoms with Gasteiger partial charge >= 0.3 is 0 Å². The standard InChI is InChI=1S/C17H20O2/c1-14(18)11-12-16-9-5-6-10-17(16)19-13-15-7-3-2-4-8-15/h2-10,14,18H,11-13H2,1H3. The Kier molecular flexibility index (Phi) is 4.99. The lowest BCUT2D eigenvalue weighted by molar-refractivity contribution is 0.184. The molecule has 1 atom stereocenters. The normalized spacial score (nSPS) is 12.1. The molecule has 0 saturated carbocycles. The van der Waals surface area contributed by atoms with Crippen LogP contribution in [0.3, 0.4) is 0 Å². The Hall–Kier alpha value is -1.80. The van der Waals surface area contributed by atoms with Gasteiger partial charge in [-0.15, -0.1) is 0 Å². The Balaban J connectivity index is 1.99. The van der Waals surface area contributed by atoms with Gasteiger partial charge in [0.1, 0.15) is 12.4 Å². The summed E-state index contributed by atoms with van der Waals surface area (Å²) in [6.45, 7) is 2.39. The van der Waals surface area contributed by atoms with Crippen LogP contribution in [0.2, 0.25) is 0 Å². The summed E-state index contributed by atoms with van der Waals surface area (Å²) in [6, 6.07) is 18.2. The molecule has 0 aliphatic heterocycles. The zero-order valence-corrected chi connectivity index (χ0v) is 11.3. The van der Waals surface area contributed by atoms with E-state index in [4.69, 9.17) is 4.74 Å². The number of aryl methyl sites for hydroxylation is 1. The summed E-state index contributed by atoms with van der Waals surface area (Å²) in [7, 11) is 0. The van der Waals surface area contributed by atoms with E-state index in [1.165, 1.54) is 0 Å². The van der Waals surface area contributed by atoms with Crippen LogP contribution in [-0.2, 0) is 13.0 Å². The van der Waals surface area contributed by atoms with Gasteiger partial charge in [0.15, 0.2) is 0 Å². The molecule has 0 radical (unpaired) electrons. The highest BCUT2D eigenvalue weighted by atomic mass is 16.5. The highest BCUT2D eigenvalue weighted by Crippen LogP contribution is 2.21. The van der Waals surface area contributed by atoms with Crippen LogP contribution >= 0.6 is 0 Å². The molecule has 0 aliphatic carbocycles. The van der Waals surface area contributed by atoms with Crippen LogP contribution < -0.4 is 4.74 Å². The summed E-state index contributed by atoms with van der Waals surface area (Å²) in [4.78, 5) is 0. The molecule has 2 nitrogen and oxygen atoms in total. The van der Waals surface area contributed by atoms with Crippen molar-refractivity contribution < 1.29 is 9.84 Å². The van der Waals surface area contributed by atoms with Gasteiger partial charge in [-0.3, -0.25) is 0 Å². The van der Waals surface area contributed by atoms with E-state index in [-0.39, 0.29) is 6.10 Å². The van der Waals surface area contributed by atoms with Gasteiger partial charge in [-0.25, -0.2) is 0 Å². The van der Waals surface area contributed by atoms with Crippen molar-refractivity contribution >= 4 is 0 Å². The Morgan fingerprint density at radius 3 is 2.42 bits per heavy atom. The Labute approximate surface area is 114 Å². The summed E-state index contributed by atoms with van der Waals surface area (Å²) in [5.74, 6) is 0.909. The van der Waals surface area contributed by atoms with E-state index in [2.05, 4.69) is 18.2 Å². The summed E-state index contributed by atoms with van der Waals surface area (Å²) in [5, 5.41) is 9.37. The number of aliphatic hydroxyl groups excluding tert-OH is 1. The molecule has 2 aromatic carbocycles. The van der Waals surface area contributed by atoms with E-state index in [1.54, 1.807) is 0 Å². The van der Waals surface area contributed by atoms with Crippen molar-refractivity contribution in [1.29, 1.82) is 0 Å². The van der Waals surface area contributed by atoms with Crippen LogP contribution in [-0.4, -0.2) is 11.2 Å². The van der Waals surface area contributed by atoms with Crippen LogP contribution in [0.4, 0.5) is 0 Å². The lowest BCUT2D eigenvalue weighted by Gasteiger charge is -2.12. The molecule has 1 unspecified atom stereocenters. The van der Waals surface area contributed by atoms with E-state index in [0.717, 1.165) is 29.7 Å². The molecule has 0 saturated heterocycles. The van der Waals surface area contributed by atoms with Crippen LogP contribution in [0.25, 0.3) is 0 Å². The molecule has 0 amide bonds. The quantitative estimate of drug-likeness (QED) is 0.856. The van der Waals surface area contributed by atoms with Crippen molar-refractivity contribution in [1.82, 2.24) is 0 Å². The third-order valence-electron chi connectivity index (χ3n) is 3.04. The molecule has 2 aromatic rings. The first-order valence-electron chi connectivity index (χ1n) is 6.68. The fraction of sp³-hybridized carbons (Fsp3) is 0.294. The lowest BCUT2D eigenvalue weighted by Crippen LogP contribution is -2.03. The number of para-hydroxylation sites is 1. The average Bonchev–Trinajstić information content (AvgIpc) is 2.45. The maximum atomic E-state index is 9.37. The SMILES string of the molecule is CC(O)CCc1ccccc1OCc1ccccc1. The summed E-state index contributed by atoms with van der Waals surface area (Å²) >= 11 is 0. The van der Waals surface area contributed by atoms with Crippen LogP contribution in [0.15, 0.2) is 54.6 Å². The molecule has 0 fully saturated rings. The molecule has 19 heavy (non-hydrogen) atoms. The second kappa shape index (κ2) is 6.95. The second-order valence-corrected chi connectivity index (χ2v) is 4.77. The monoisotopic (exact) mass is 256 g/mol. The number of benzene rings is 2. The molecule has 0 aromatic heterocycles. The maximum absolute atomic E-state index is 9.37. The predicted octanol–water partition coefficient (Wildman–Crippen LogP) is 3.58. The third-order valence-corrected chi connectivity index (χ3v) is 3.04. The van der Waals surface area contributed by atoms with Crippen molar-refractivity contribution in [2.24, 2.45) is 0 Å². The average molecular weight is 256 g/mol. The minimum Gasteiger partial charge on any atom is -0.489 e. The van der Waals surface area contributed by atoms with Crippen molar-refractivity contribution in [3.63, 3.8) is 0 Å². The molecule has 0 aliphatic rings. The minimum absolute atomic E-state index is 0.276. The maximum Gasteiger partial charge on any atom is 0.122 e. The topological polar surface area (TPSA) is 29.5 Å². The first-order chi connectivity index (χ1) is 9.25. The van der Waals surface area contributed by atoms with Gasteiger partial charge in [-0.05, 0) is 37.0 Å². The van der Waals surface area contributed by atoms with Crippen molar-refractivity contribution in [3.8, 4) is 5.75 Å². The van der Waals surface area contributed by atoms with Crippen molar-refractivity contribution in [2.75, 3.05) is 0 Å². The minimum atomic E-state index is -0.276. The third kappa shape index (κ3) is 4.42. The predicted molar refractivity (Wildman–Crippen MR) is 77.2 cm³/mol. The molecule has 0 bridgehead atoms. The van der Waals surface area contributed by atoms with Gasteiger partial charge in [-0.2, -0.15) is 0 Å². The van der Waals surface area contributed by atoms with E-state index >= 15 is 0 Å². The molecular formula is C17H20O2. The molecular weight excluding hydrogens is 236 g/mol. The second-order valence-electron chi connectivity index (χ2n) is 4.77. The molecule has 0 heterocycles. The molecule has 0 spiro atoms. The Morgan fingerprint density at radius 1 is 1.00 bits per heavy atom. The first-order valence-corrected chi connectivity index (χ1v) is 6.68. The Morgan fingerprint density at radius 2 is 1.68 bits per heavy atom. The largest absolute Gasteiger partial charge is 0.489 e. The van der Waals surface area contributed by atoms with Gasteiger partial charge in [0.05, 0.1) is 6.10 Å². The summed E-state index contributed by atoms with van der Waals surface area (Å²) in [5.41, 5.74) is 2.31. The smallest absolute Gasteiger partial charge is 0.122 e. The first kappa shape index (κ1) is 13.6. The van der Waals surface area contributed by atoms with Crippen LogP contribution in [0.1, 0.15) is 24.5 Å². The van der Waals surface area contributed by atoms with E-state index < -0.39 is 0 Å². The van der Waals surface area contributed by atoms with Crippen LogP contribution in [0, 0.1) is 0 Å². The van der Waals surface area contributed by atoms with Gasteiger partial charge < -0.3 is 9.84 Å². The summed E-state index contributed by atoms with van der Waals surface area (Å²) in [6.07, 6.45) is 1.32. The lowest BCUT2D eigenvalue weighted by atomic mass is 10.1. The van der Waals surface area contributed by atoms with E-state index in [1.807, 2.05) is 43.3 Å². The van der Waals surface area contributed by atoms with Crippen molar-refractivity contribution in [3.05, 3.63) is 65.7 Å². The van der Waals surface area contributed by atoms with Gasteiger partial charge in [-0.1, -0.05) is 48.5 Å². The number of ether oxygens (including phenoxy) is 1. The zero-order chi connectivity index (χ0) is 13.5. The van der Waals surface area contributed by atoms with Gasteiger partial charge in [0, 0.05) is 0 Å². The molecule has 2 rings (SSSR count). The van der Waals surface area contributed by atoms with Crippen molar-refractivity contribution in [2.45, 2.75) is 32.5 Å². The fourth-order valence-electron chi connectivity index (χ4n) is 1.95. The highest BCUT2D eigenvalue weighted by Gasteiger charge is 2.05. The molecule has 1 N–H and O–H groups in total. The number of hydrogen-bond acceptors (Lipinski definition) is 2. The van der Waals surface area contributed by atoms with Gasteiger partial charge in [0.2, 0.25) is 0 Å². The Bertz CT molecular complexity index is 492. The van der Waals surface area contributed by atoms with E-state index in [0.29, 0.717) is 6.61 Å². The fourth-order valence-corrected chi connectivity index (χ4v) is 1.95. The number of aliphatic hydroxyl groups is 1. The molecule has 100 valence electrons. The molecule has 2 heteroatoms. The number of hydrogen-bond donors (Lipinski definition) is 1. The summed E-state index contributed by atoms with van der Waals surface area (Å²) < 4.78 is 5.87. The van der Waals surface area contributed by atoms with Crippen LogP contribution in [0.5, 0.6) is 5.75 Å². The number of rotatable bonds is 6.